The first-order valence-corrected chi connectivity index (χ1v) is 8.16. The van der Waals surface area contributed by atoms with Gasteiger partial charge in [-0.15, -0.1) is 0 Å². The van der Waals surface area contributed by atoms with E-state index in [4.69, 9.17) is 0 Å². The van der Waals surface area contributed by atoms with Crippen LogP contribution in [0.5, 0.6) is 0 Å². The Labute approximate surface area is 138 Å². The van der Waals surface area contributed by atoms with Crippen LogP contribution in [0, 0.1) is 6.92 Å². The zero-order valence-corrected chi connectivity index (χ0v) is 14.3. The van der Waals surface area contributed by atoms with Gasteiger partial charge in [-0.3, -0.25) is 9.78 Å². The summed E-state index contributed by atoms with van der Waals surface area (Å²) < 4.78 is 0. The van der Waals surface area contributed by atoms with Crippen LogP contribution >= 0.6 is 0 Å². The molecule has 4 heteroatoms. The Morgan fingerprint density at radius 2 is 1.96 bits per heavy atom. The first-order valence-electron chi connectivity index (χ1n) is 8.16. The van der Waals surface area contributed by atoms with E-state index in [2.05, 4.69) is 47.2 Å². The molecule has 1 aromatic carbocycles. The Morgan fingerprint density at radius 3 is 2.61 bits per heavy atom. The van der Waals surface area contributed by atoms with Gasteiger partial charge in [-0.05, 0) is 57.0 Å². The molecule has 2 rings (SSSR count). The van der Waals surface area contributed by atoms with E-state index in [0.29, 0.717) is 5.69 Å². The maximum absolute atomic E-state index is 12.3. The van der Waals surface area contributed by atoms with Gasteiger partial charge in [0.05, 0.1) is 0 Å². The van der Waals surface area contributed by atoms with Crippen LogP contribution in [-0.2, 0) is 0 Å². The fourth-order valence-corrected chi connectivity index (χ4v) is 2.42. The predicted octanol–water partition coefficient (Wildman–Crippen LogP) is 4.08. The maximum Gasteiger partial charge on any atom is 0.270 e. The van der Waals surface area contributed by atoms with Crippen molar-refractivity contribution >= 4 is 17.3 Å². The van der Waals surface area contributed by atoms with Crippen molar-refractivity contribution in [2.75, 3.05) is 11.4 Å². The molecule has 0 aliphatic carbocycles. The highest BCUT2D eigenvalue weighted by Gasteiger charge is 2.13. The van der Waals surface area contributed by atoms with Crippen molar-refractivity contribution in [2.24, 2.45) is 0 Å². The molecule has 0 saturated carbocycles. The normalized spacial score (nSPS) is 11.8. The third kappa shape index (κ3) is 4.31. The molecule has 0 bridgehead atoms. The third-order valence-corrected chi connectivity index (χ3v) is 3.91. The lowest BCUT2D eigenvalue weighted by atomic mass is 10.2. The summed E-state index contributed by atoms with van der Waals surface area (Å²) >= 11 is 0. The lowest BCUT2D eigenvalue weighted by Crippen LogP contribution is -2.32. The van der Waals surface area contributed by atoms with Crippen molar-refractivity contribution in [3.8, 4) is 0 Å². The molecule has 0 saturated heterocycles. The third-order valence-electron chi connectivity index (χ3n) is 3.91. The number of carbonyl (C=O) groups is 1. The molecule has 0 fully saturated rings. The minimum Gasteiger partial charge on any atom is -0.348 e. The van der Waals surface area contributed by atoms with Gasteiger partial charge in [0.15, 0.2) is 0 Å². The van der Waals surface area contributed by atoms with Gasteiger partial charge in [0.2, 0.25) is 0 Å². The second kappa shape index (κ2) is 7.77. The van der Waals surface area contributed by atoms with Gasteiger partial charge in [0.25, 0.3) is 5.91 Å². The molecular weight excluding hydrogens is 286 g/mol. The molecule has 0 spiro atoms. The molecule has 122 valence electrons. The molecule has 2 aromatic rings. The van der Waals surface area contributed by atoms with Crippen LogP contribution in [0.1, 0.15) is 43.2 Å². The number of pyridine rings is 1. The van der Waals surface area contributed by atoms with Crippen LogP contribution in [-0.4, -0.2) is 23.5 Å². The molecule has 1 N–H and O–H groups in total. The summed E-state index contributed by atoms with van der Waals surface area (Å²) in [5.41, 5.74) is 3.76. The van der Waals surface area contributed by atoms with E-state index in [1.807, 2.05) is 32.0 Å². The van der Waals surface area contributed by atoms with E-state index in [1.165, 1.54) is 5.56 Å². The topological polar surface area (TPSA) is 45.2 Å². The number of nitrogens with one attached hydrogen (secondary N) is 1. The molecule has 0 aliphatic rings. The van der Waals surface area contributed by atoms with Gasteiger partial charge in [-0.2, -0.15) is 0 Å². The smallest absolute Gasteiger partial charge is 0.270 e. The van der Waals surface area contributed by atoms with E-state index in [0.717, 1.165) is 24.3 Å². The van der Waals surface area contributed by atoms with E-state index in [1.54, 1.807) is 6.20 Å². The Hall–Kier alpha value is -2.36. The average molecular weight is 311 g/mol. The minimum atomic E-state index is -0.124. The van der Waals surface area contributed by atoms with E-state index >= 15 is 0 Å². The first kappa shape index (κ1) is 17.0. The molecular formula is C19H25N3O. The van der Waals surface area contributed by atoms with Crippen LogP contribution in [0.15, 0.2) is 42.6 Å². The number of hydrogen-bond acceptors (Lipinski definition) is 3. The second-order valence-corrected chi connectivity index (χ2v) is 5.77. The standard InChI is InChI=1S/C19H25N3O/c1-5-15(4)21-19(23)18-13-17(10-11-20-18)22(6-2)16-9-7-8-14(3)12-16/h7-13,15H,5-6H2,1-4H3,(H,21,23). The zero-order chi connectivity index (χ0) is 16.8. The average Bonchev–Trinajstić information content (AvgIpc) is 2.56. The van der Waals surface area contributed by atoms with Crippen molar-refractivity contribution < 1.29 is 4.79 Å². The van der Waals surface area contributed by atoms with Gasteiger partial charge in [0.1, 0.15) is 5.69 Å². The van der Waals surface area contributed by atoms with Crippen molar-refractivity contribution in [2.45, 2.75) is 40.2 Å². The zero-order valence-electron chi connectivity index (χ0n) is 14.3. The molecule has 4 nitrogen and oxygen atoms in total. The monoisotopic (exact) mass is 311 g/mol. The van der Waals surface area contributed by atoms with E-state index in [-0.39, 0.29) is 11.9 Å². The molecule has 0 radical (unpaired) electrons. The number of benzene rings is 1. The fraction of sp³-hybridized carbons (Fsp3) is 0.368. The highest BCUT2D eigenvalue weighted by Crippen LogP contribution is 2.25. The van der Waals surface area contributed by atoms with Crippen molar-refractivity contribution in [1.29, 1.82) is 0 Å². The van der Waals surface area contributed by atoms with Crippen LogP contribution in [0.4, 0.5) is 11.4 Å². The quantitative estimate of drug-likeness (QED) is 0.874. The van der Waals surface area contributed by atoms with Crippen molar-refractivity contribution in [3.63, 3.8) is 0 Å². The Morgan fingerprint density at radius 1 is 1.22 bits per heavy atom. The van der Waals surface area contributed by atoms with E-state index in [9.17, 15) is 4.79 Å². The SMILES string of the molecule is CCC(C)NC(=O)c1cc(N(CC)c2cccc(C)c2)ccn1. The maximum atomic E-state index is 12.3. The van der Waals surface area contributed by atoms with Gasteiger partial charge in [0, 0.05) is 30.2 Å². The van der Waals surface area contributed by atoms with Crippen LogP contribution in [0.2, 0.25) is 0 Å². The first-order chi connectivity index (χ1) is 11.0. The summed E-state index contributed by atoms with van der Waals surface area (Å²) in [5, 5.41) is 2.96. The van der Waals surface area contributed by atoms with Crippen LogP contribution in [0.25, 0.3) is 0 Å². The predicted molar refractivity (Wildman–Crippen MR) is 95.3 cm³/mol. The highest BCUT2D eigenvalue weighted by molar-refractivity contribution is 5.93. The summed E-state index contributed by atoms with van der Waals surface area (Å²) in [6.45, 7) is 9.04. The van der Waals surface area contributed by atoms with E-state index < -0.39 is 0 Å². The fourth-order valence-electron chi connectivity index (χ4n) is 2.42. The highest BCUT2D eigenvalue weighted by atomic mass is 16.1. The van der Waals surface area contributed by atoms with Crippen LogP contribution in [0.3, 0.4) is 0 Å². The second-order valence-electron chi connectivity index (χ2n) is 5.77. The Bertz CT molecular complexity index is 669. The molecule has 1 aromatic heterocycles. The lowest BCUT2D eigenvalue weighted by molar-refractivity contribution is 0.0934. The largest absolute Gasteiger partial charge is 0.348 e. The number of anilines is 2. The Kier molecular flexibility index (Phi) is 5.74. The number of rotatable bonds is 6. The molecule has 0 aliphatic heterocycles. The summed E-state index contributed by atoms with van der Waals surface area (Å²) in [5.74, 6) is -0.124. The molecule has 1 atom stereocenters. The van der Waals surface area contributed by atoms with Gasteiger partial charge in [-0.1, -0.05) is 19.1 Å². The van der Waals surface area contributed by atoms with Crippen LogP contribution < -0.4 is 10.2 Å². The van der Waals surface area contributed by atoms with Gasteiger partial charge in [-0.25, -0.2) is 0 Å². The molecule has 23 heavy (non-hydrogen) atoms. The number of carbonyl (C=O) groups excluding carboxylic acids is 1. The summed E-state index contributed by atoms with van der Waals surface area (Å²) in [4.78, 5) is 18.7. The number of aryl methyl sites for hydroxylation is 1. The lowest BCUT2D eigenvalue weighted by Gasteiger charge is -2.24. The Balaban J connectivity index is 2.28. The van der Waals surface area contributed by atoms with Gasteiger partial charge >= 0.3 is 0 Å². The number of amides is 1. The molecule has 1 amide bonds. The molecule has 1 heterocycles. The number of aromatic nitrogens is 1. The summed E-state index contributed by atoms with van der Waals surface area (Å²) in [6.07, 6.45) is 2.59. The molecule has 1 unspecified atom stereocenters. The van der Waals surface area contributed by atoms with Gasteiger partial charge < -0.3 is 10.2 Å². The summed E-state index contributed by atoms with van der Waals surface area (Å²) in [6, 6.07) is 12.3. The number of nitrogens with zero attached hydrogens (tertiary/aromatic N) is 2. The van der Waals surface area contributed by atoms with Crippen molar-refractivity contribution in [3.05, 3.63) is 53.9 Å². The summed E-state index contributed by atoms with van der Waals surface area (Å²) in [7, 11) is 0. The minimum absolute atomic E-state index is 0.124. The number of hydrogen-bond donors (Lipinski definition) is 1. The van der Waals surface area contributed by atoms with Crippen molar-refractivity contribution in [1.82, 2.24) is 10.3 Å².